The van der Waals surface area contributed by atoms with E-state index in [1.165, 1.54) is 0 Å². The molecular formula is C7H17N2O6P. The lowest BCUT2D eigenvalue weighted by atomic mass is 10.2. The molecule has 0 heterocycles. The standard InChI is InChI=1S/C7H17N2O6P/c1-5(2)7(11)9(12)4-8-3-6(10)16(13,14)15/h5-6,8,10,12H,3-4H2,1-2H3,(H2,13,14,15). The Labute approximate surface area is 93.0 Å². The molecule has 0 radical (unpaired) electrons. The second-order valence-electron chi connectivity index (χ2n) is 3.57. The van der Waals surface area contributed by atoms with Gasteiger partial charge in [0.05, 0.1) is 6.67 Å². The summed E-state index contributed by atoms with van der Waals surface area (Å²) in [5, 5.41) is 20.8. The van der Waals surface area contributed by atoms with Crippen LogP contribution in [0.5, 0.6) is 0 Å². The van der Waals surface area contributed by atoms with Crippen LogP contribution in [-0.2, 0) is 9.36 Å². The molecular weight excluding hydrogens is 239 g/mol. The largest absolute Gasteiger partial charge is 0.379 e. The van der Waals surface area contributed by atoms with E-state index in [4.69, 9.17) is 20.1 Å². The predicted molar refractivity (Wildman–Crippen MR) is 54.4 cm³/mol. The molecule has 0 saturated heterocycles. The Bertz CT molecular complexity index is 278. The van der Waals surface area contributed by atoms with Crippen molar-refractivity contribution in [2.75, 3.05) is 13.2 Å². The van der Waals surface area contributed by atoms with Crippen LogP contribution in [0.15, 0.2) is 0 Å². The van der Waals surface area contributed by atoms with E-state index in [9.17, 15) is 9.36 Å². The van der Waals surface area contributed by atoms with Gasteiger partial charge in [-0.1, -0.05) is 13.8 Å². The number of nitrogens with one attached hydrogen (secondary N) is 1. The molecule has 96 valence electrons. The highest BCUT2D eigenvalue weighted by atomic mass is 31.2. The molecule has 1 amide bonds. The molecule has 1 atom stereocenters. The highest BCUT2D eigenvalue weighted by Crippen LogP contribution is 2.38. The van der Waals surface area contributed by atoms with Gasteiger partial charge in [0.25, 0.3) is 0 Å². The molecule has 16 heavy (non-hydrogen) atoms. The van der Waals surface area contributed by atoms with Crippen molar-refractivity contribution < 1.29 is 29.5 Å². The van der Waals surface area contributed by atoms with Gasteiger partial charge >= 0.3 is 7.60 Å². The summed E-state index contributed by atoms with van der Waals surface area (Å²) in [5.41, 5.74) is 0. The Balaban J connectivity index is 3.92. The van der Waals surface area contributed by atoms with Crippen molar-refractivity contribution in [2.45, 2.75) is 19.7 Å². The van der Waals surface area contributed by atoms with Gasteiger partial charge in [0.15, 0.2) is 5.85 Å². The molecule has 0 aromatic heterocycles. The van der Waals surface area contributed by atoms with Crippen LogP contribution >= 0.6 is 7.60 Å². The maximum atomic E-state index is 11.1. The normalized spacial score (nSPS) is 13.9. The number of aliphatic hydroxyl groups is 1. The van der Waals surface area contributed by atoms with Gasteiger partial charge in [0, 0.05) is 12.5 Å². The van der Waals surface area contributed by atoms with Crippen LogP contribution in [0.3, 0.4) is 0 Å². The second-order valence-corrected chi connectivity index (χ2v) is 5.35. The summed E-state index contributed by atoms with van der Waals surface area (Å²) in [7, 11) is -4.55. The molecule has 0 rings (SSSR count). The highest BCUT2D eigenvalue weighted by molar-refractivity contribution is 7.52. The smallest absolute Gasteiger partial charge is 0.355 e. The van der Waals surface area contributed by atoms with Gasteiger partial charge in [-0.25, -0.2) is 5.06 Å². The number of amides is 1. The van der Waals surface area contributed by atoms with Crippen LogP contribution < -0.4 is 5.32 Å². The van der Waals surface area contributed by atoms with Crippen LogP contribution in [0.2, 0.25) is 0 Å². The molecule has 8 nitrogen and oxygen atoms in total. The molecule has 0 fully saturated rings. The minimum Gasteiger partial charge on any atom is -0.379 e. The number of hydroxylamine groups is 2. The molecule has 0 aromatic rings. The zero-order chi connectivity index (χ0) is 12.9. The summed E-state index contributed by atoms with van der Waals surface area (Å²) in [6.07, 6.45) is 0. The van der Waals surface area contributed by atoms with Crippen molar-refractivity contribution in [1.29, 1.82) is 0 Å². The lowest BCUT2D eigenvalue weighted by Crippen LogP contribution is -2.41. The summed E-state index contributed by atoms with van der Waals surface area (Å²) < 4.78 is 10.5. The Morgan fingerprint density at radius 3 is 2.31 bits per heavy atom. The monoisotopic (exact) mass is 256 g/mol. The summed E-state index contributed by atoms with van der Waals surface area (Å²) in [4.78, 5) is 28.2. The maximum Gasteiger partial charge on any atom is 0.355 e. The van der Waals surface area contributed by atoms with Crippen molar-refractivity contribution in [3.05, 3.63) is 0 Å². The first-order valence-corrected chi connectivity index (χ1v) is 6.28. The van der Waals surface area contributed by atoms with Crippen molar-refractivity contribution in [3.8, 4) is 0 Å². The molecule has 1 unspecified atom stereocenters. The third-order valence-corrected chi connectivity index (χ3v) is 2.68. The molecule has 0 bridgehead atoms. The van der Waals surface area contributed by atoms with Crippen molar-refractivity contribution in [3.63, 3.8) is 0 Å². The topological polar surface area (TPSA) is 130 Å². The van der Waals surface area contributed by atoms with Crippen LogP contribution in [0.25, 0.3) is 0 Å². The van der Waals surface area contributed by atoms with Crippen LogP contribution in [0, 0.1) is 5.92 Å². The molecule has 0 aromatic carbocycles. The first-order valence-electron chi connectivity index (χ1n) is 4.60. The highest BCUT2D eigenvalue weighted by Gasteiger charge is 2.26. The molecule has 0 aliphatic heterocycles. The molecule has 5 N–H and O–H groups in total. The van der Waals surface area contributed by atoms with Gasteiger partial charge in [-0.2, -0.15) is 0 Å². The van der Waals surface area contributed by atoms with E-state index in [1.807, 2.05) is 0 Å². The molecule has 9 heteroatoms. The van der Waals surface area contributed by atoms with Crippen molar-refractivity contribution >= 4 is 13.5 Å². The SMILES string of the molecule is CC(C)C(=O)N(O)CNCC(O)P(=O)(O)O. The van der Waals surface area contributed by atoms with Gasteiger partial charge in [0.1, 0.15) is 0 Å². The average Bonchev–Trinajstić information content (AvgIpc) is 2.14. The lowest BCUT2D eigenvalue weighted by Gasteiger charge is -2.19. The van der Waals surface area contributed by atoms with Crippen molar-refractivity contribution in [1.82, 2.24) is 10.4 Å². The van der Waals surface area contributed by atoms with Gasteiger partial charge < -0.3 is 14.9 Å². The Morgan fingerprint density at radius 1 is 1.44 bits per heavy atom. The molecule has 0 saturated carbocycles. The number of hydrogen-bond acceptors (Lipinski definition) is 5. The number of nitrogens with zero attached hydrogens (tertiary/aromatic N) is 1. The summed E-state index contributed by atoms with van der Waals surface area (Å²) in [6, 6.07) is 0. The average molecular weight is 256 g/mol. The van der Waals surface area contributed by atoms with E-state index < -0.39 is 31.8 Å². The van der Waals surface area contributed by atoms with Crippen LogP contribution in [-0.4, -0.2) is 50.1 Å². The predicted octanol–water partition coefficient (Wildman–Crippen LogP) is -1.10. The van der Waals surface area contributed by atoms with Gasteiger partial charge in [-0.3, -0.25) is 19.9 Å². The van der Waals surface area contributed by atoms with Gasteiger partial charge in [-0.05, 0) is 0 Å². The Hall–Kier alpha value is -0.500. The number of rotatable bonds is 6. The van der Waals surface area contributed by atoms with E-state index in [0.717, 1.165) is 0 Å². The number of aliphatic hydroxyl groups excluding tert-OH is 1. The summed E-state index contributed by atoms with van der Waals surface area (Å²) in [5.74, 6) is -2.77. The van der Waals surface area contributed by atoms with Crippen molar-refractivity contribution in [2.24, 2.45) is 5.92 Å². The lowest BCUT2D eigenvalue weighted by molar-refractivity contribution is -0.170. The fraction of sp³-hybridized carbons (Fsp3) is 0.857. The number of carbonyl (C=O) groups is 1. The quantitative estimate of drug-likeness (QED) is 0.176. The molecule has 0 spiro atoms. The fourth-order valence-electron chi connectivity index (χ4n) is 0.794. The minimum atomic E-state index is -4.55. The van der Waals surface area contributed by atoms with E-state index in [2.05, 4.69) is 5.32 Å². The Kier molecular flexibility index (Phi) is 6.09. The third-order valence-electron chi connectivity index (χ3n) is 1.73. The third kappa shape index (κ3) is 5.55. The van der Waals surface area contributed by atoms with E-state index in [1.54, 1.807) is 13.8 Å². The van der Waals surface area contributed by atoms with Gasteiger partial charge in [-0.15, -0.1) is 0 Å². The summed E-state index contributed by atoms with van der Waals surface area (Å²) >= 11 is 0. The first kappa shape index (κ1) is 15.5. The number of carbonyl (C=O) groups excluding carboxylic acids is 1. The molecule has 0 aliphatic carbocycles. The summed E-state index contributed by atoms with van der Waals surface area (Å²) in [6.45, 7) is 2.45. The van der Waals surface area contributed by atoms with Crippen LogP contribution in [0.1, 0.15) is 13.8 Å². The number of hydrogen-bond donors (Lipinski definition) is 5. The minimum absolute atomic E-state index is 0.311. The zero-order valence-corrected chi connectivity index (χ0v) is 9.96. The van der Waals surface area contributed by atoms with Crippen LogP contribution in [0.4, 0.5) is 0 Å². The zero-order valence-electron chi connectivity index (χ0n) is 9.07. The first-order chi connectivity index (χ1) is 7.16. The molecule has 0 aliphatic rings. The maximum absolute atomic E-state index is 11.1. The fourth-order valence-corrected chi connectivity index (χ4v) is 1.16. The van der Waals surface area contributed by atoms with E-state index >= 15 is 0 Å². The van der Waals surface area contributed by atoms with E-state index in [0.29, 0.717) is 5.06 Å². The Morgan fingerprint density at radius 2 is 1.94 bits per heavy atom. The van der Waals surface area contributed by atoms with Gasteiger partial charge in [0.2, 0.25) is 5.91 Å². The van der Waals surface area contributed by atoms with E-state index in [-0.39, 0.29) is 6.67 Å². The second kappa shape index (κ2) is 6.29.